The maximum Gasteiger partial charge on any atom is 0.319 e. The smallest absolute Gasteiger partial charge is 0.319 e. The van der Waals surface area contributed by atoms with Gasteiger partial charge in [-0.25, -0.2) is 0 Å². The molecule has 0 aromatic heterocycles. The molecule has 1 aliphatic rings. The zero-order valence-corrected chi connectivity index (χ0v) is 7.20. The van der Waals surface area contributed by atoms with Crippen LogP contribution >= 0.6 is 0 Å². The lowest BCUT2D eigenvalue weighted by Crippen LogP contribution is -2.29. The molecule has 4 nitrogen and oxygen atoms in total. The molecule has 0 radical (unpaired) electrons. The molecule has 1 heterocycles. The Labute approximate surface area is 70.8 Å². The van der Waals surface area contributed by atoms with E-state index in [2.05, 4.69) is 0 Å². The predicted molar refractivity (Wildman–Crippen MR) is 40.5 cm³/mol. The molecule has 0 N–H and O–H groups in total. The van der Waals surface area contributed by atoms with Gasteiger partial charge in [-0.15, -0.1) is 0 Å². The van der Waals surface area contributed by atoms with Crippen LogP contribution < -0.4 is 0 Å². The van der Waals surface area contributed by atoms with E-state index in [1.807, 2.05) is 0 Å². The van der Waals surface area contributed by atoms with E-state index < -0.39 is 11.9 Å². The Bertz CT molecular complexity index is 199. The summed E-state index contributed by atoms with van der Waals surface area (Å²) in [5, 5.41) is 0. The summed E-state index contributed by atoms with van der Waals surface area (Å²) < 4.78 is 9.72. The van der Waals surface area contributed by atoms with Gasteiger partial charge in [0, 0.05) is 0 Å². The van der Waals surface area contributed by atoms with E-state index in [4.69, 9.17) is 9.47 Å². The van der Waals surface area contributed by atoms with Crippen LogP contribution in [-0.4, -0.2) is 31.1 Å². The van der Waals surface area contributed by atoms with Gasteiger partial charge in [-0.05, 0) is 13.8 Å². The van der Waals surface area contributed by atoms with Gasteiger partial charge in [0.2, 0.25) is 0 Å². The number of rotatable bonds is 2. The number of esters is 1. The van der Waals surface area contributed by atoms with Crippen LogP contribution in [0.1, 0.15) is 13.8 Å². The highest BCUT2D eigenvalue weighted by Gasteiger charge is 2.39. The Morgan fingerprint density at radius 1 is 1.75 bits per heavy atom. The first-order valence-electron chi connectivity index (χ1n) is 3.97. The van der Waals surface area contributed by atoms with Gasteiger partial charge in [0.05, 0.1) is 12.7 Å². The second kappa shape index (κ2) is 3.67. The van der Waals surface area contributed by atoms with E-state index in [0.717, 1.165) is 0 Å². The topological polar surface area (TPSA) is 52.6 Å². The predicted octanol–water partition coefficient (Wildman–Crippen LogP) is 0.153. The second-order valence-electron chi connectivity index (χ2n) is 2.71. The van der Waals surface area contributed by atoms with E-state index in [-0.39, 0.29) is 18.5 Å². The van der Waals surface area contributed by atoms with Crippen LogP contribution in [0.25, 0.3) is 0 Å². The number of ether oxygens (including phenoxy) is 2. The van der Waals surface area contributed by atoms with Crippen molar-refractivity contribution in [3.63, 3.8) is 0 Å². The monoisotopic (exact) mass is 172 g/mol. The average molecular weight is 172 g/mol. The van der Waals surface area contributed by atoms with Crippen molar-refractivity contribution in [2.24, 2.45) is 5.92 Å². The standard InChI is InChI=1S/C8H12O4/c1-3-11-8(10)7-5(2)12-4-6(7)9/h5,7H,3-4H2,1-2H3. The summed E-state index contributed by atoms with van der Waals surface area (Å²) in [6.45, 7) is 3.75. The zero-order valence-electron chi connectivity index (χ0n) is 7.20. The van der Waals surface area contributed by atoms with Crippen molar-refractivity contribution in [3.8, 4) is 0 Å². The molecule has 4 heteroatoms. The van der Waals surface area contributed by atoms with Crippen LogP contribution in [0.15, 0.2) is 0 Å². The molecule has 0 bridgehead atoms. The highest BCUT2D eigenvalue weighted by molar-refractivity contribution is 6.01. The van der Waals surface area contributed by atoms with Crippen LogP contribution in [0.2, 0.25) is 0 Å². The molecule has 1 aliphatic heterocycles. The Morgan fingerprint density at radius 2 is 2.42 bits per heavy atom. The molecule has 12 heavy (non-hydrogen) atoms. The molecule has 0 aromatic rings. The van der Waals surface area contributed by atoms with Gasteiger partial charge in [-0.3, -0.25) is 9.59 Å². The number of carbonyl (C=O) groups is 2. The third-order valence-corrected chi connectivity index (χ3v) is 1.85. The van der Waals surface area contributed by atoms with Crippen molar-refractivity contribution in [2.75, 3.05) is 13.2 Å². The molecule has 0 aromatic carbocycles. The van der Waals surface area contributed by atoms with Crippen molar-refractivity contribution in [3.05, 3.63) is 0 Å². The maximum absolute atomic E-state index is 11.1. The number of ketones is 1. The lowest BCUT2D eigenvalue weighted by molar-refractivity contribution is -0.151. The first-order valence-corrected chi connectivity index (χ1v) is 3.97. The Morgan fingerprint density at radius 3 is 2.83 bits per heavy atom. The van der Waals surface area contributed by atoms with E-state index in [9.17, 15) is 9.59 Å². The molecule has 2 unspecified atom stereocenters. The van der Waals surface area contributed by atoms with Crippen LogP contribution in [0.4, 0.5) is 0 Å². The normalized spacial score (nSPS) is 29.0. The van der Waals surface area contributed by atoms with E-state index in [1.165, 1.54) is 0 Å². The van der Waals surface area contributed by atoms with Gasteiger partial charge in [0.15, 0.2) is 5.78 Å². The molecule has 1 fully saturated rings. The third kappa shape index (κ3) is 1.64. The molecule has 0 amide bonds. The van der Waals surface area contributed by atoms with Gasteiger partial charge in [0.25, 0.3) is 0 Å². The van der Waals surface area contributed by atoms with Crippen molar-refractivity contribution >= 4 is 11.8 Å². The molecule has 0 spiro atoms. The number of Topliss-reactive ketones (excluding diaryl/α,β-unsaturated/α-hetero) is 1. The minimum Gasteiger partial charge on any atom is -0.465 e. The summed E-state index contributed by atoms with van der Waals surface area (Å²) in [5.41, 5.74) is 0. The second-order valence-corrected chi connectivity index (χ2v) is 2.71. The van der Waals surface area contributed by atoms with Crippen molar-refractivity contribution in [1.82, 2.24) is 0 Å². The minimum atomic E-state index is -0.704. The van der Waals surface area contributed by atoms with E-state index >= 15 is 0 Å². The van der Waals surface area contributed by atoms with Gasteiger partial charge < -0.3 is 9.47 Å². The van der Waals surface area contributed by atoms with Crippen molar-refractivity contribution in [2.45, 2.75) is 20.0 Å². The van der Waals surface area contributed by atoms with Gasteiger partial charge in [-0.1, -0.05) is 0 Å². The molecule has 2 atom stereocenters. The Balaban J connectivity index is 2.59. The third-order valence-electron chi connectivity index (χ3n) is 1.85. The van der Waals surface area contributed by atoms with Gasteiger partial charge in [0.1, 0.15) is 12.5 Å². The summed E-state index contributed by atoms with van der Waals surface area (Å²) in [6.07, 6.45) is -0.337. The minimum absolute atomic E-state index is 0.0324. The average Bonchev–Trinajstić information content (AvgIpc) is 2.32. The molecule has 0 aliphatic carbocycles. The van der Waals surface area contributed by atoms with Crippen molar-refractivity contribution < 1.29 is 19.1 Å². The first-order chi connectivity index (χ1) is 5.66. The Hall–Kier alpha value is -0.900. The first kappa shape index (κ1) is 9.19. The number of hydrogen-bond donors (Lipinski definition) is 0. The summed E-state index contributed by atoms with van der Waals surface area (Å²) >= 11 is 0. The molecule has 1 rings (SSSR count). The van der Waals surface area contributed by atoms with Gasteiger partial charge in [-0.2, -0.15) is 0 Å². The van der Waals surface area contributed by atoms with Gasteiger partial charge >= 0.3 is 5.97 Å². The van der Waals surface area contributed by atoms with Crippen LogP contribution in [-0.2, 0) is 19.1 Å². The molecule has 0 saturated carbocycles. The summed E-state index contributed by atoms with van der Waals surface area (Å²) in [4.78, 5) is 22.2. The van der Waals surface area contributed by atoms with E-state index in [1.54, 1.807) is 13.8 Å². The summed E-state index contributed by atoms with van der Waals surface area (Å²) in [7, 11) is 0. The summed E-state index contributed by atoms with van der Waals surface area (Å²) in [6, 6.07) is 0. The SMILES string of the molecule is CCOC(=O)C1C(=O)COC1C. The molecular weight excluding hydrogens is 160 g/mol. The molecule has 1 saturated heterocycles. The highest BCUT2D eigenvalue weighted by Crippen LogP contribution is 2.18. The van der Waals surface area contributed by atoms with Crippen LogP contribution in [0.5, 0.6) is 0 Å². The fraction of sp³-hybridized carbons (Fsp3) is 0.750. The van der Waals surface area contributed by atoms with Crippen LogP contribution in [0.3, 0.4) is 0 Å². The van der Waals surface area contributed by atoms with E-state index in [0.29, 0.717) is 6.61 Å². The molecular formula is C8H12O4. The fourth-order valence-electron chi connectivity index (χ4n) is 1.22. The highest BCUT2D eigenvalue weighted by atomic mass is 16.5. The largest absolute Gasteiger partial charge is 0.465 e. The van der Waals surface area contributed by atoms with Crippen molar-refractivity contribution in [1.29, 1.82) is 0 Å². The lowest BCUT2D eigenvalue weighted by Gasteiger charge is -2.10. The van der Waals surface area contributed by atoms with Crippen LogP contribution in [0, 0.1) is 5.92 Å². The summed E-state index contributed by atoms with van der Waals surface area (Å²) in [5.74, 6) is -1.35. The zero-order chi connectivity index (χ0) is 9.14. The quantitative estimate of drug-likeness (QED) is 0.439. The number of hydrogen-bond acceptors (Lipinski definition) is 4. The lowest BCUT2D eigenvalue weighted by atomic mass is 10.0. The fourth-order valence-corrected chi connectivity index (χ4v) is 1.22. The maximum atomic E-state index is 11.1. The molecule has 68 valence electrons. The number of carbonyl (C=O) groups excluding carboxylic acids is 2. The Kier molecular flexibility index (Phi) is 2.81.